The Morgan fingerprint density at radius 1 is 1.77 bits per heavy atom. The number of hydrogen-bond donors (Lipinski definition) is 1. The van der Waals surface area contributed by atoms with Crippen LogP contribution < -0.4 is 5.32 Å². The highest BCUT2D eigenvalue weighted by atomic mass is 16.5. The Bertz CT molecular complexity index is 199. The minimum Gasteiger partial charge on any atom is -0.468 e. The van der Waals surface area contributed by atoms with Gasteiger partial charge >= 0.3 is 5.97 Å². The van der Waals surface area contributed by atoms with Gasteiger partial charge in [0.2, 0.25) is 0 Å². The highest BCUT2D eigenvalue weighted by molar-refractivity contribution is 5.78. The number of carbonyl (C=O) groups is 1. The molecule has 4 heteroatoms. The van der Waals surface area contributed by atoms with Gasteiger partial charge in [-0.1, -0.05) is 6.08 Å². The van der Waals surface area contributed by atoms with Crippen LogP contribution in [-0.2, 0) is 14.3 Å². The second-order valence-electron chi connectivity index (χ2n) is 3.18. The maximum absolute atomic E-state index is 11.3. The van der Waals surface area contributed by atoms with Crippen molar-refractivity contribution < 1.29 is 14.3 Å². The van der Waals surface area contributed by atoms with Crippen molar-refractivity contribution in [1.29, 1.82) is 0 Å². The SMILES string of the molecule is C=CCNCC1(C(=O)OC)COC1. The van der Waals surface area contributed by atoms with Crippen LogP contribution in [0.5, 0.6) is 0 Å². The fourth-order valence-corrected chi connectivity index (χ4v) is 1.27. The lowest BCUT2D eigenvalue weighted by Gasteiger charge is -2.38. The predicted octanol–water partition coefficient (Wildman–Crippen LogP) is -0.0484. The average molecular weight is 185 g/mol. The summed E-state index contributed by atoms with van der Waals surface area (Å²) in [6, 6.07) is 0. The number of esters is 1. The van der Waals surface area contributed by atoms with Gasteiger partial charge < -0.3 is 14.8 Å². The second-order valence-corrected chi connectivity index (χ2v) is 3.18. The summed E-state index contributed by atoms with van der Waals surface area (Å²) < 4.78 is 9.73. The Morgan fingerprint density at radius 3 is 2.85 bits per heavy atom. The van der Waals surface area contributed by atoms with Gasteiger partial charge in [-0.3, -0.25) is 4.79 Å². The standard InChI is InChI=1S/C9H15NO3/c1-3-4-10-5-9(6-13-7-9)8(11)12-2/h3,10H,1,4-7H2,2H3. The maximum atomic E-state index is 11.3. The van der Waals surface area contributed by atoms with E-state index in [0.717, 1.165) is 0 Å². The Hall–Kier alpha value is -0.870. The molecule has 1 saturated heterocycles. The third kappa shape index (κ3) is 2.08. The van der Waals surface area contributed by atoms with E-state index in [4.69, 9.17) is 9.47 Å². The van der Waals surface area contributed by atoms with E-state index in [-0.39, 0.29) is 5.97 Å². The lowest BCUT2D eigenvalue weighted by atomic mass is 9.86. The van der Waals surface area contributed by atoms with E-state index >= 15 is 0 Å². The minimum atomic E-state index is -0.461. The number of ether oxygens (including phenoxy) is 2. The van der Waals surface area contributed by atoms with Crippen LogP contribution >= 0.6 is 0 Å². The van der Waals surface area contributed by atoms with Crippen LogP contribution in [0.15, 0.2) is 12.7 Å². The van der Waals surface area contributed by atoms with E-state index in [9.17, 15) is 4.79 Å². The summed E-state index contributed by atoms with van der Waals surface area (Å²) in [6.45, 7) is 5.76. The Kier molecular flexibility index (Phi) is 3.45. The van der Waals surface area contributed by atoms with Gasteiger partial charge in [0.25, 0.3) is 0 Å². The molecule has 0 spiro atoms. The van der Waals surface area contributed by atoms with E-state index in [1.54, 1.807) is 6.08 Å². The molecule has 1 N–H and O–H groups in total. The highest BCUT2D eigenvalue weighted by Gasteiger charge is 2.46. The van der Waals surface area contributed by atoms with Crippen LogP contribution in [0.3, 0.4) is 0 Å². The van der Waals surface area contributed by atoms with Crippen LogP contribution in [-0.4, -0.2) is 39.4 Å². The Labute approximate surface area is 77.9 Å². The molecule has 1 heterocycles. The van der Waals surface area contributed by atoms with Gasteiger partial charge in [-0.2, -0.15) is 0 Å². The monoisotopic (exact) mass is 185 g/mol. The highest BCUT2D eigenvalue weighted by Crippen LogP contribution is 2.27. The van der Waals surface area contributed by atoms with E-state index in [1.807, 2.05) is 0 Å². The number of carbonyl (C=O) groups excluding carboxylic acids is 1. The summed E-state index contributed by atoms with van der Waals surface area (Å²) in [6.07, 6.45) is 1.75. The first-order valence-corrected chi connectivity index (χ1v) is 4.23. The van der Waals surface area contributed by atoms with Crippen molar-refractivity contribution in [1.82, 2.24) is 5.32 Å². The summed E-state index contributed by atoms with van der Waals surface area (Å²) in [7, 11) is 1.40. The summed E-state index contributed by atoms with van der Waals surface area (Å²) in [4.78, 5) is 11.3. The van der Waals surface area contributed by atoms with Crippen molar-refractivity contribution in [2.45, 2.75) is 0 Å². The molecule has 0 amide bonds. The summed E-state index contributed by atoms with van der Waals surface area (Å²) in [5.41, 5.74) is -0.461. The molecule has 0 bridgehead atoms. The molecule has 1 rings (SSSR count). The number of nitrogens with one attached hydrogen (secondary N) is 1. The van der Waals surface area contributed by atoms with Gasteiger partial charge in [0, 0.05) is 13.1 Å². The van der Waals surface area contributed by atoms with E-state index in [2.05, 4.69) is 11.9 Å². The predicted molar refractivity (Wildman–Crippen MR) is 48.3 cm³/mol. The molecule has 0 unspecified atom stereocenters. The lowest BCUT2D eigenvalue weighted by Crippen LogP contribution is -2.55. The number of methoxy groups -OCH3 is 1. The van der Waals surface area contributed by atoms with Crippen molar-refractivity contribution >= 4 is 5.97 Å². The first kappa shape index (κ1) is 10.2. The average Bonchev–Trinajstić information content (AvgIpc) is 2.08. The molecule has 0 aromatic carbocycles. The molecule has 4 nitrogen and oxygen atoms in total. The zero-order chi connectivity index (χ0) is 9.73. The van der Waals surface area contributed by atoms with Crippen LogP contribution in [0.4, 0.5) is 0 Å². The number of hydrogen-bond acceptors (Lipinski definition) is 4. The maximum Gasteiger partial charge on any atom is 0.317 e. The van der Waals surface area contributed by atoms with Crippen molar-refractivity contribution in [3.8, 4) is 0 Å². The van der Waals surface area contributed by atoms with Crippen LogP contribution in [0, 0.1) is 5.41 Å². The van der Waals surface area contributed by atoms with Crippen LogP contribution in [0.1, 0.15) is 0 Å². The van der Waals surface area contributed by atoms with Gasteiger partial charge in [0.15, 0.2) is 0 Å². The fraction of sp³-hybridized carbons (Fsp3) is 0.667. The molecule has 1 aliphatic rings. The molecular weight excluding hydrogens is 170 g/mol. The molecule has 0 aliphatic carbocycles. The first-order chi connectivity index (χ1) is 6.25. The molecule has 0 aromatic heterocycles. The molecular formula is C9H15NO3. The van der Waals surface area contributed by atoms with Crippen molar-refractivity contribution in [2.75, 3.05) is 33.4 Å². The largest absolute Gasteiger partial charge is 0.468 e. The second kappa shape index (κ2) is 4.39. The van der Waals surface area contributed by atoms with E-state index in [0.29, 0.717) is 26.3 Å². The normalized spacial score (nSPS) is 18.8. The minimum absolute atomic E-state index is 0.199. The molecule has 0 atom stereocenters. The fourth-order valence-electron chi connectivity index (χ4n) is 1.27. The van der Waals surface area contributed by atoms with Crippen molar-refractivity contribution in [2.24, 2.45) is 5.41 Å². The quantitative estimate of drug-likeness (QED) is 0.370. The molecule has 13 heavy (non-hydrogen) atoms. The van der Waals surface area contributed by atoms with Gasteiger partial charge in [-0.05, 0) is 0 Å². The van der Waals surface area contributed by atoms with Gasteiger partial charge in [-0.25, -0.2) is 0 Å². The summed E-state index contributed by atoms with van der Waals surface area (Å²) in [5, 5.41) is 3.09. The Morgan fingerprint density at radius 2 is 2.46 bits per heavy atom. The van der Waals surface area contributed by atoms with Crippen LogP contribution in [0.25, 0.3) is 0 Å². The van der Waals surface area contributed by atoms with Crippen molar-refractivity contribution in [3.63, 3.8) is 0 Å². The smallest absolute Gasteiger partial charge is 0.317 e. The lowest BCUT2D eigenvalue weighted by molar-refractivity contribution is -0.182. The third-order valence-electron chi connectivity index (χ3n) is 2.13. The third-order valence-corrected chi connectivity index (χ3v) is 2.13. The molecule has 0 saturated carbocycles. The topological polar surface area (TPSA) is 47.6 Å². The molecule has 1 fully saturated rings. The number of rotatable bonds is 5. The molecule has 0 aromatic rings. The zero-order valence-electron chi connectivity index (χ0n) is 7.84. The Balaban J connectivity index is 2.40. The van der Waals surface area contributed by atoms with Gasteiger partial charge in [-0.15, -0.1) is 6.58 Å². The van der Waals surface area contributed by atoms with E-state index in [1.165, 1.54) is 7.11 Å². The zero-order valence-corrected chi connectivity index (χ0v) is 7.84. The molecule has 74 valence electrons. The van der Waals surface area contributed by atoms with Gasteiger partial charge in [0.05, 0.1) is 20.3 Å². The van der Waals surface area contributed by atoms with Crippen molar-refractivity contribution in [3.05, 3.63) is 12.7 Å². The van der Waals surface area contributed by atoms with Crippen LogP contribution in [0.2, 0.25) is 0 Å². The first-order valence-electron chi connectivity index (χ1n) is 4.23. The summed E-state index contributed by atoms with van der Waals surface area (Å²) in [5.74, 6) is -0.199. The van der Waals surface area contributed by atoms with E-state index < -0.39 is 5.41 Å². The molecule has 0 radical (unpaired) electrons. The molecule has 1 aliphatic heterocycles. The van der Waals surface area contributed by atoms with Gasteiger partial charge in [0.1, 0.15) is 5.41 Å². The summed E-state index contributed by atoms with van der Waals surface area (Å²) >= 11 is 0.